The highest BCUT2D eigenvalue weighted by atomic mass is 16.5. The maximum Gasteiger partial charge on any atom is 0.223 e. The van der Waals surface area contributed by atoms with E-state index in [4.69, 9.17) is 20.2 Å². The zero-order valence-electron chi connectivity index (χ0n) is 21.1. The molecule has 0 unspecified atom stereocenters. The number of amides is 1. The van der Waals surface area contributed by atoms with Crippen LogP contribution in [0.1, 0.15) is 43.0 Å². The fourth-order valence-electron chi connectivity index (χ4n) is 5.08. The van der Waals surface area contributed by atoms with Crippen LogP contribution in [0.2, 0.25) is 0 Å². The van der Waals surface area contributed by atoms with Crippen molar-refractivity contribution < 1.29 is 14.3 Å². The molecule has 0 radical (unpaired) electrons. The van der Waals surface area contributed by atoms with Gasteiger partial charge in [-0.15, -0.1) is 0 Å². The van der Waals surface area contributed by atoms with Crippen LogP contribution in [0.15, 0.2) is 67.0 Å². The monoisotopic (exact) mass is 499 g/mol. The van der Waals surface area contributed by atoms with Crippen molar-refractivity contribution in [1.82, 2.24) is 19.7 Å². The van der Waals surface area contributed by atoms with E-state index in [9.17, 15) is 4.79 Å². The van der Waals surface area contributed by atoms with E-state index in [1.54, 1.807) is 13.3 Å². The molecular formula is C29H33N5O3. The van der Waals surface area contributed by atoms with Crippen LogP contribution in [0.25, 0.3) is 16.8 Å². The molecule has 5 rings (SSSR count). The average molecular weight is 500 g/mol. The third-order valence-corrected chi connectivity index (χ3v) is 7.03. The van der Waals surface area contributed by atoms with Crippen molar-refractivity contribution in [3.05, 3.63) is 78.4 Å². The number of nitrogens with one attached hydrogen (secondary N) is 1. The van der Waals surface area contributed by atoms with Crippen LogP contribution in [0.4, 0.5) is 5.82 Å². The predicted octanol–water partition coefficient (Wildman–Crippen LogP) is 4.59. The molecule has 0 spiro atoms. The zero-order valence-corrected chi connectivity index (χ0v) is 21.1. The van der Waals surface area contributed by atoms with Crippen LogP contribution < -0.4 is 15.8 Å². The minimum Gasteiger partial charge on any atom is -0.489 e. The molecule has 0 saturated heterocycles. The number of imidazole rings is 1. The predicted molar refractivity (Wildman–Crippen MR) is 143 cm³/mol. The minimum absolute atomic E-state index is 0.0315. The van der Waals surface area contributed by atoms with Crippen LogP contribution in [0, 0.1) is 5.92 Å². The Kier molecular flexibility index (Phi) is 7.65. The molecule has 1 aliphatic carbocycles. The Bertz CT molecular complexity index is 1350. The van der Waals surface area contributed by atoms with Gasteiger partial charge in [0.15, 0.2) is 0 Å². The zero-order chi connectivity index (χ0) is 25.6. The van der Waals surface area contributed by atoms with E-state index in [-0.39, 0.29) is 17.7 Å². The van der Waals surface area contributed by atoms with Gasteiger partial charge in [-0.2, -0.15) is 0 Å². The van der Waals surface area contributed by atoms with Crippen LogP contribution in [0.3, 0.4) is 0 Å². The van der Waals surface area contributed by atoms with Gasteiger partial charge in [0.1, 0.15) is 35.2 Å². The lowest BCUT2D eigenvalue weighted by molar-refractivity contribution is -0.126. The van der Waals surface area contributed by atoms with Gasteiger partial charge in [0.2, 0.25) is 5.91 Å². The number of hydrogen-bond donors (Lipinski definition) is 2. The van der Waals surface area contributed by atoms with Crippen LogP contribution >= 0.6 is 0 Å². The number of benzene rings is 2. The van der Waals surface area contributed by atoms with Gasteiger partial charge in [0.05, 0.1) is 6.61 Å². The van der Waals surface area contributed by atoms with E-state index in [2.05, 4.69) is 14.7 Å². The van der Waals surface area contributed by atoms with E-state index in [0.29, 0.717) is 25.6 Å². The number of nitrogen functional groups attached to an aromatic ring is 1. The van der Waals surface area contributed by atoms with E-state index < -0.39 is 0 Å². The van der Waals surface area contributed by atoms with Gasteiger partial charge in [0.25, 0.3) is 0 Å². The lowest BCUT2D eigenvalue weighted by Gasteiger charge is -2.27. The number of nitrogens with zero attached hydrogens (tertiary/aromatic N) is 3. The number of ether oxygens (including phenoxy) is 2. The molecule has 1 aliphatic rings. The summed E-state index contributed by atoms with van der Waals surface area (Å²) in [6.45, 7) is 1.56. The summed E-state index contributed by atoms with van der Waals surface area (Å²) >= 11 is 0. The Labute approximate surface area is 216 Å². The normalized spacial score (nSPS) is 17.5. The lowest BCUT2D eigenvalue weighted by Crippen LogP contribution is -2.35. The summed E-state index contributed by atoms with van der Waals surface area (Å²) in [5, 5.41) is 2.98. The molecule has 37 heavy (non-hydrogen) atoms. The molecule has 1 saturated carbocycles. The van der Waals surface area contributed by atoms with E-state index in [0.717, 1.165) is 59.6 Å². The van der Waals surface area contributed by atoms with Gasteiger partial charge in [-0.05, 0) is 43.4 Å². The number of methoxy groups -OCH3 is 1. The maximum absolute atomic E-state index is 12.5. The number of carbonyl (C=O) groups is 1. The Balaban J connectivity index is 1.37. The molecule has 8 nitrogen and oxygen atoms in total. The molecule has 1 amide bonds. The summed E-state index contributed by atoms with van der Waals surface area (Å²) in [5.41, 5.74) is 10.0. The van der Waals surface area contributed by atoms with Crippen molar-refractivity contribution >= 4 is 17.2 Å². The SMILES string of the molecule is COCCNC(=O)C1CCC(c2nc(-c3cccc(OCc4ccccc4)c3)c3c(N)nccn23)CC1. The lowest BCUT2D eigenvalue weighted by atomic mass is 9.81. The summed E-state index contributed by atoms with van der Waals surface area (Å²) in [4.78, 5) is 22.0. The third-order valence-electron chi connectivity index (χ3n) is 7.03. The van der Waals surface area contributed by atoms with Crippen molar-refractivity contribution in [2.45, 2.75) is 38.2 Å². The number of hydrogen-bond acceptors (Lipinski definition) is 6. The molecular weight excluding hydrogens is 466 g/mol. The average Bonchev–Trinajstić information content (AvgIpc) is 3.34. The topological polar surface area (TPSA) is 104 Å². The Morgan fingerprint density at radius 2 is 1.92 bits per heavy atom. The second-order valence-corrected chi connectivity index (χ2v) is 9.48. The Morgan fingerprint density at radius 3 is 2.70 bits per heavy atom. The fraction of sp³-hybridized carbons (Fsp3) is 0.345. The standard InChI is InChI=1S/C29H33N5O3/c1-36-17-15-32-29(35)22-12-10-21(11-13-22)28-33-25(26-27(30)31-14-16-34(26)28)23-8-5-9-24(18-23)37-19-20-6-3-2-4-7-20/h2-9,14,16,18,21-22H,10-13,15,17,19H2,1H3,(H2,30,31)(H,32,35). The van der Waals surface area contributed by atoms with Crippen molar-refractivity contribution in [3.63, 3.8) is 0 Å². The molecule has 0 aliphatic heterocycles. The first-order chi connectivity index (χ1) is 18.1. The molecule has 0 atom stereocenters. The molecule has 192 valence electrons. The van der Waals surface area contributed by atoms with Crippen LogP contribution in [0.5, 0.6) is 5.75 Å². The number of nitrogens with two attached hydrogens (primary N) is 1. The van der Waals surface area contributed by atoms with Gasteiger partial charge < -0.3 is 20.5 Å². The van der Waals surface area contributed by atoms with Gasteiger partial charge in [-0.1, -0.05) is 42.5 Å². The highest BCUT2D eigenvalue weighted by molar-refractivity contribution is 5.85. The summed E-state index contributed by atoms with van der Waals surface area (Å²) < 4.78 is 13.2. The highest BCUT2D eigenvalue weighted by Gasteiger charge is 2.30. The quantitative estimate of drug-likeness (QED) is 0.326. The first-order valence-electron chi connectivity index (χ1n) is 12.8. The molecule has 3 N–H and O–H groups in total. The minimum atomic E-state index is 0.0315. The van der Waals surface area contributed by atoms with Crippen molar-refractivity contribution in [1.29, 1.82) is 0 Å². The number of rotatable bonds is 9. The second-order valence-electron chi connectivity index (χ2n) is 9.48. The number of carbonyl (C=O) groups excluding carboxylic acids is 1. The van der Waals surface area contributed by atoms with Crippen molar-refractivity contribution in [2.24, 2.45) is 5.92 Å². The first-order valence-corrected chi connectivity index (χ1v) is 12.8. The van der Waals surface area contributed by atoms with Crippen LogP contribution in [-0.2, 0) is 16.1 Å². The molecule has 2 aromatic heterocycles. The van der Waals surface area contributed by atoms with Gasteiger partial charge in [0, 0.05) is 43.4 Å². The smallest absolute Gasteiger partial charge is 0.223 e. The third kappa shape index (κ3) is 5.59. The van der Waals surface area contributed by atoms with Gasteiger partial charge in [-0.25, -0.2) is 9.97 Å². The van der Waals surface area contributed by atoms with Crippen molar-refractivity contribution in [2.75, 3.05) is 26.0 Å². The molecule has 8 heteroatoms. The molecule has 2 heterocycles. The van der Waals surface area contributed by atoms with Gasteiger partial charge in [-0.3, -0.25) is 9.20 Å². The molecule has 2 aromatic carbocycles. The maximum atomic E-state index is 12.5. The number of anilines is 1. The van der Waals surface area contributed by atoms with Gasteiger partial charge >= 0.3 is 0 Å². The van der Waals surface area contributed by atoms with E-state index >= 15 is 0 Å². The second kappa shape index (κ2) is 11.4. The van der Waals surface area contributed by atoms with E-state index in [1.807, 2.05) is 60.8 Å². The molecule has 4 aromatic rings. The number of aromatic nitrogens is 3. The Hall–Kier alpha value is -3.91. The molecule has 1 fully saturated rings. The summed E-state index contributed by atoms with van der Waals surface area (Å²) in [6, 6.07) is 18.0. The van der Waals surface area contributed by atoms with Crippen molar-refractivity contribution in [3.8, 4) is 17.0 Å². The summed E-state index contributed by atoms with van der Waals surface area (Å²) in [5.74, 6) is 2.56. The van der Waals surface area contributed by atoms with E-state index in [1.165, 1.54) is 0 Å². The fourth-order valence-corrected chi connectivity index (χ4v) is 5.08. The highest BCUT2D eigenvalue weighted by Crippen LogP contribution is 2.39. The summed E-state index contributed by atoms with van der Waals surface area (Å²) in [7, 11) is 1.64. The van der Waals surface area contributed by atoms with Crippen LogP contribution in [-0.4, -0.2) is 40.5 Å². The Morgan fingerprint density at radius 1 is 1.11 bits per heavy atom. The number of fused-ring (bicyclic) bond motifs is 1. The first kappa shape index (κ1) is 24.8. The summed E-state index contributed by atoms with van der Waals surface area (Å²) in [6.07, 6.45) is 7.09. The largest absolute Gasteiger partial charge is 0.489 e. The molecule has 0 bridgehead atoms.